The van der Waals surface area contributed by atoms with Crippen LogP contribution in [-0.4, -0.2) is 24.2 Å². The zero-order chi connectivity index (χ0) is 23.5. The summed E-state index contributed by atoms with van der Waals surface area (Å²) in [4.78, 5) is 27.4. The van der Waals surface area contributed by atoms with E-state index in [9.17, 15) is 9.59 Å². The van der Waals surface area contributed by atoms with E-state index >= 15 is 0 Å². The predicted octanol–water partition coefficient (Wildman–Crippen LogP) is 6.27. The summed E-state index contributed by atoms with van der Waals surface area (Å²) in [6.45, 7) is 2.54. The second kappa shape index (κ2) is 9.61. The van der Waals surface area contributed by atoms with Crippen molar-refractivity contribution in [1.29, 1.82) is 0 Å². The van der Waals surface area contributed by atoms with Gasteiger partial charge >= 0.3 is 0 Å². The van der Waals surface area contributed by atoms with Crippen molar-refractivity contribution in [2.45, 2.75) is 12.3 Å². The molecule has 0 unspecified atom stereocenters. The van der Waals surface area contributed by atoms with E-state index in [1.165, 1.54) is 0 Å². The number of carbonyl (C=O) groups excluding carboxylic acids is 2. The number of nitrogens with zero attached hydrogens (tertiary/aromatic N) is 1. The lowest BCUT2D eigenvalue weighted by molar-refractivity contribution is -0.115. The Morgan fingerprint density at radius 3 is 2.47 bits per heavy atom. The summed E-state index contributed by atoms with van der Waals surface area (Å²) >= 11 is 1.60. The predicted molar refractivity (Wildman–Crippen MR) is 139 cm³/mol. The maximum absolute atomic E-state index is 12.9. The van der Waals surface area contributed by atoms with Gasteiger partial charge in [-0.1, -0.05) is 48.5 Å². The standard InChI is InChI=1S/C28H24N2O3S/c1-2-33-23-16-14-22(15-17-23)30-26(31)18-34-28(30)20-10-12-21(13-11-20)29-27(32)25-9-5-7-19-6-3-4-8-24(19)25/h3-17,28H,2,18H2,1H3,(H,29,32)/t28-/m0/s1. The Labute approximate surface area is 202 Å². The molecule has 1 saturated heterocycles. The molecule has 6 heteroatoms. The molecule has 1 aliphatic heterocycles. The molecule has 0 saturated carbocycles. The van der Waals surface area contributed by atoms with Gasteiger partial charge in [0.05, 0.1) is 12.4 Å². The van der Waals surface area contributed by atoms with Crippen molar-refractivity contribution in [2.24, 2.45) is 0 Å². The van der Waals surface area contributed by atoms with E-state index in [2.05, 4.69) is 5.32 Å². The minimum atomic E-state index is -0.147. The molecular weight excluding hydrogens is 444 g/mol. The minimum absolute atomic E-state index is 0.0764. The van der Waals surface area contributed by atoms with Gasteiger partial charge in [0, 0.05) is 16.9 Å². The lowest BCUT2D eigenvalue weighted by atomic mass is 10.0. The molecule has 1 N–H and O–H groups in total. The molecule has 0 radical (unpaired) electrons. The fourth-order valence-electron chi connectivity index (χ4n) is 4.17. The highest BCUT2D eigenvalue weighted by Crippen LogP contribution is 2.42. The Morgan fingerprint density at radius 1 is 0.971 bits per heavy atom. The van der Waals surface area contributed by atoms with Crippen LogP contribution in [0.2, 0.25) is 0 Å². The van der Waals surface area contributed by atoms with Crippen LogP contribution in [-0.2, 0) is 4.79 Å². The molecule has 0 aliphatic carbocycles. The highest BCUT2D eigenvalue weighted by atomic mass is 32.2. The van der Waals surface area contributed by atoms with Crippen molar-refractivity contribution >= 4 is 45.7 Å². The number of nitrogens with one attached hydrogen (secondary N) is 1. The Kier molecular flexibility index (Phi) is 6.23. The number of benzene rings is 4. The fourth-order valence-corrected chi connectivity index (χ4v) is 5.35. The van der Waals surface area contributed by atoms with Crippen LogP contribution in [0.1, 0.15) is 28.2 Å². The number of amides is 2. The smallest absolute Gasteiger partial charge is 0.256 e. The van der Waals surface area contributed by atoms with Crippen molar-refractivity contribution in [3.8, 4) is 5.75 Å². The number of ether oxygens (including phenoxy) is 1. The second-order valence-electron chi connectivity index (χ2n) is 7.96. The number of hydrogen-bond acceptors (Lipinski definition) is 4. The first kappa shape index (κ1) is 22.0. The van der Waals surface area contributed by atoms with Gasteiger partial charge in [-0.05, 0) is 65.7 Å². The Bertz CT molecular complexity index is 1330. The first-order chi connectivity index (χ1) is 16.6. The van der Waals surface area contributed by atoms with Gasteiger partial charge < -0.3 is 10.1 Å². The highest BCUT2D eigenvalue weighted by Gasteiger charge is 2.34. The average Bonchev–Trinajstić information content (AvgIpc) is 3.26. The number of carbonyl (C=O) groups is 2. The van der Waals surface area contributed by atoms with Gasteiger partial charge in [-0.3, -0.25) is 14.5 Å². The number of thioether (sulfide) groups is 1. The summed E-state index contributed by atoms with van der Waals surface area (Å²) in [5, 5.41) is 4.83. The van der Waals surface area contributed by atoms with Crippen molar-refractivity contribution in [2.75, 3.05) is 22.6 Å². The van der Waals surface area contributed by atoms with Crippen LogP contribution >= 0.6 is 11.8 Å². The van der Waals surface area contributed by atoms with Crippen LogP contribution in [0.15, 0.2) is 91.0 Å². The molecule has 4 aromatic carbocycles. The van der Waals surface area contributed by atoms with Gasteiger partial charge in [0.1, 0.15) is 11.1 Å². The summed E-state index contributed by atoms with van der Waals surface area (Å²) in [6.07, 6.45) is 0. The topological polar surface area (TPSA) is 58.6 Å². The van der Waals surface area contributed by atoms with Crippen molar-refractivity contribution in [1.82, 2.24) is 0 Å². The Hall–Kier alpha value is -3.77. The van der Waals surface area contributed by atoms with E-state index in [1.54, 1.807) is 11.8 Å². The monoisotopic (exact) mass is 468 g/mol. The third-order valence-electron chi connectivity index (χ3n) is 5.78. The van der Waals surface area contributed by atoms with E-state index < -0.39 is 0 Å². The third-order valence-corrected chi connectivity index (χ3v) is 6.99. The zero-order valence-electron chi connectivity index (χ0n) is 18.7. The number of anilines is 2. The maximum atomic E-state index is 12.9. The van der Waals surface area contributed by atoms with Crippen LogP contribution in [0.4, 0.5) is 11.4 Å². The fraction of sp³-hybridized carbons (Fsp3) is 0.143. The summed E-state index contributed by atoms with van der Waals surface area (Å²) in [6, 6.07) is 28.9. The zero-order valence-corrected chi connectivity index (χ0v) is 19.5. The molecule has 34 heavy (non-hydrogen) atoms. The summed E-state index contributed by atoms with van der Waals surface area (Å²) in [5.74, 6) is 1.14. The Balaban J connectivity index is 1.34. The quantitative estimate of drug-likeness (QED) is 0.362. The van der Waals surface area contributed by atoms with Crippen LogP contribution < -0.4 is 15.0 Å². The molecule has 1 aliphatic rings. The summed E-state index contributed by atoms with van der Waals surface area (Å²) in [7, 11) is 0. The first-order valence-corrected chi connectivity index (χ1v) is 12.2. The van der Waals surface area contributed by atoms with E-state index in [-0.39, 0.29) is 17.2 Å². The second-order valence-corrected chi connectivity index (χ2v) is 9.03. The first-order valence-electron chi connectivity index (χ1n) is 11.2. The molecule has 4 aromatic rings. The van der Waals surface area contributed by atoms with Crippen LogP contribution in [0.25, 0.3) is 10.8 Å². The largest absolute Gasteiger partial charge is 0.494 e. The summed E-state index contributed by atoms with van der Waals surface area (Å²) in [5.41, 5.74) is 3.20. The van der Waals surface area contributed by atoms with E-state index in [1.807, 2.05) is 103 Å². The van der Waals surface area contributed by atoms with Gasteiger partial charge in [0.2, 0.25) is 5.91 Å². The van der Waals surface area contributed by atoms with E-state index in [0.717, 1.165) is 27.8 Å². The number of hydrogen-bond donors (Lipinski definition) is 1. The molecule has 170 valence electrons. The number of fused-ring (bicyclic) bond motifs is 1. The van der Waals surface area contributed by atoms with Crippen molar-refractivity contribution in [3.05, 3.63) is 102 Å². The Morgan fingerprint density at radius 2 is 1.71 bits per heavy atom. The van der Waals surface area contributed by atoms with Gasteiger partial charge in [0.25, 0.3) is 5.91 Å². The molecule has 5 nitrogen and oxygen atoms in total. The van der Waals surface area contributed by atoms with Crippen LogP contribution in [0, 0.1) is 0 Å². The maximum Gasteiger partial charge on any atom is 0.256 e. The molecule has 5 rings (SSSR count). The van der Waals surface area contributed by atoms with Crippen LogP contribution in [0.3, 0.4) is 0 Å². The van der Waals surface area contributed by atoms with Crippen molar-refractivity contribution in [3.63, 3.8) is 0 Å². The SMILES string of the molecule is CCOc1ccc(N2C(=O)CS[C@H]2c2ccc(NC(=O)c3cccc4ccccc34)cc2)cc1. The minimum Gasteiger partial charge on any atom is -0.494 e. The molecular formula is C28H24N2O3S. The van der Waals surface area contributed by atoms with E-state index in [0.29, 0.717) is 23.6 Å². The lowest BCUT2D eigenvalue weighted by Crippen LogP contribution is -2.27. The van der Waals surface area contributed by atoms with Gasteiger partial charge in [-0.25, -0.2) is 0 Å². The van der Waals surface area contributed by atoms with Crippen molar-refractivity contribution < 1.29 is 14.3 Å². The number of rotatable bonds is 6. The molecule has 1 atom stereocenters. The average molecular weight is 469 g/mol. The van der Waals surface area contributed by atoms with Gasteiger partial charge in [-0.2, -0.15) is 0 Å². The molecule has 0 aromatic heterocycles. The molecule has 2 amide bonds. The van der Waals surface area contributed by atoms with Crippen LogP contribution in [0.5, 0.6) is 5.75 Å². The van der Waals surface area contributed by atoms with Gasteiger partial charge in [0.15, 0.2) is 0 Å². The molecule has 1 heterocycles. The third kappa shape index (κ3) is 4.37. The molecule has 0 spiro atoms. The highest BCUT2D eigenvalue weighted by molar-refractivity contribution is 8.00. The molecule has 1 fully saturated rings. The normalized spacial score (nSPS) is 15.5. The van der Waals surface area contributed by atoms with Gasteiger partial charge in [-0.15, -0.1) is 11.8 Å². The van der Waals surface area contributed by atoms with E-state index in [4.69, 9.17) is 4.74 Å². The lowest BCUT2D eigenvalue weighted by Gasteiger charge is -2.24. The molecule has 0 bridgehead atoms. The summed E-state index contributed by atoms with van der Waals surface area (Å²) < 4.78 is 5.52.